The highest BCUT2D eigenvalue weighted by Crippen LogP contribution is 2.35. The largest absolute Gasteiger partial charge is 0.510 e. The van der Waals surface area contributed by atoms with Crippen LogP contribution in [0.2, 0.25) is 0 Å². The van der Waals surface area contributed by atoms with Gasteiger partial charge in [-0.15, -0.1) is 10.2 Å². The first kappa shape index (κ1) is 25.6. The van der Waals surface area contributed by atoms with Crippen molar-refractivity contribution in [1.82, 2.24) is 4.90 Å². The van der Waals surface area contributed by atoms with Crippen molar-refractivity contribution in [3.8, 4) is 0 Å². The van der Waals surface area contributed by atoms with E-state index < -0.39 is 11.9 Å². The molecule has 0 fully saturated rings. The monoisotopic (exact) mass is 469 g/mol. The Morgan fingerprint density at radius 3 is 2.41 bits per heavy atom. The normalized spacial score (nSPS) is 19.4. The Morgan fingerprint density at radius 2 is 1.79 bits per heavy atom. The zero-order valence-electron chi connectivity index (χ0n) is 20.5. The van der Waals surface area contributed by atoms with Gasteiger partial charge in [0.2, 0.25) is 5.70 Å². The zero-order valence-corrected chi connectivity index (χ0v) is 20.5. The summed E-state index contributed by atoms with van der Waals surface area (Å²) < 4.78 is 5.54. The second-order valence-electron chi connectivity index (χ2n) is 9.03. The lowest BCUT2D eigenvalue weighted by atomic mass is 9.91. The Labute approximate surface area is 201 Å². The molecule has 2 atom stereocenters. The van der Waals surface area contributed by atoms with Gasteiger partial charge < -0.3 is 9.84 Å². The minimum atomic E-state index is -0.725. The van der Waals surface area contributed by atoms with Gasteiger partial charge in [-0.1, -0.05) is 59.4 Å². The molecular weight excluding hydrogens is 434 g/mol. The van der Waals surface area contributed by atoms with E-state index in [9.17, 15) is 19.5 Å². The summed E-state index contributed by atoms with van der Waals surface area (Å²) >= 11 is 0. The van der Waals surface area contributed by atoms with E-state index in [0.717, 1.165) is 25.7 Å². The Bertz CT molecular complexity index is 996. The average molecular weight is 470 g/mol. The Balaban J connectivity index is 1.80. The number of unbranched alkanes of at least 4 members (excludes halogenated alkanes) is 1. The van der Waals surface area contributed by atoms with Crippen LogP contribution in [0.4, 0.5) is 5.69 Å². The number of amides is 2. The molecule has 184 valence electrons. The third-order valence-electron chi connectivity index (χ3n) is 6.79. The van der Waals surface area contributed by atoms with Gasteiger partial charge in [0.05, 0.1) is 16.8 Å². The highest BCUT2D eigenvalue weighted by atomic mass is 16.5. The molecule has 0 aromatic heterocycles. The molecule has 2 unspecified atom stereocenters. The zero-order chi connectivity index (χ0) is 24.8. The number of carbonyl (C=O) groups excluding carboxylic acids is 3. The van der Waals surface area contributed by atoms with E-state index in [4.69, 9.17) is 4.74 Å². The number of hydrogen-bond acceptors (Lipinski definition) is 7. The topological polar surface area (TPSA) is 109 Å². The van der Waals surface area contributed by atoms with Crippen LogP contribution >= 0.6 is 0 Å². The van der Waals surface area contributed by atoms with Crippen LogP contribution in [0.25, 0.3) is 0 Å². The minimum absolute atomic E-state index is 0.163. The first-order valence-corrected chi connectivity index (χ1v) is 12.4. The lowest BCUT2D eigenvalue weighted by Gasteiger charge is -2.26. The summed E-state index contributed by atoms with van der Waals surface area (Å²) in [5.74, 6) is -1.21. The average Bonchev–Trinajstić information content (AvgIpc) is 3.08. The van der Waals surface area contributed by atoms with Crippen LogP contribution in [0.15, 0.2) is 39.9 Å². The van der Waals surface area contributed by atoms with Crippen molar-refractivity contribution >= 4 is 23.5 Å². The molecule has 1 N–H and O–H groups in total. The van der Waals surface area contributed by atoms with Gasteiger partial charge in [0.15, 0.2) is 0 Å². The number of aliphatic hydroxyl groups excluding tert-OH is 1. The molecule has 0 saturated carbocycles. The fourth-order valence-corrected chi connectivity index (χ4v) is 4.72. The smallest absolute Gasteiger partial charge is 0.362 e. The number of esters is 1. The number of aliphatic hydroxyl groups is 1. The van der Waals surface area contributed by atoms with Crippen molar-refractivity contribution in [3.05, 3.63) is 40.8 Å². The molecule has 2 aliphatic heterocycles. The van der Waals surface area contributed by atoms with Crippen molar-refractivity contribution in [2.75, 3.05) is 0 Å². The van der Waals surface area contributed by atoms with Crippen molar-refractivity contribution in [3.63, 3.8) is 0 Å². The fraction of sp³-hybridized carbons (Fsp3) is 0.577. The van der Waals surface area contributed by atoms with E-state index in [1.54, 1.807) is 18.2 Å². The van der Waals surface area contributed by atoms with Crippen LogP contribution in [0, 0.1) is 5.92 Å². The Morgan fingerprint density at radius 1 is 1.06 bits per heavy atom. The maximum Gasteiger partial charge on any atom is 0.362 e. The quantitative estimate of drug-likeness (QED) is 0.234. The van der Waals surface area contributed by atoms with Crippen LogP contribution in [0.5, 0.6) is 0 Å². The van der Waals surface area contributed by atoms with Crippen LogP contribution < -0.4 is 0 Å². The van der Waals surface area contributed by atoms with Gasteiger partial charge in [-0.3, -0.25) is 14.5 Å². The molecule has 0 bridgehead atoms. The van der Waals surface area contributed by atoms with Gasteiger partial charge in [-0.2, -0.15) is 0 Å². The summed E-state index contributed by atoms with van der Waals surface area (Å²) in [6, 6.07) is 4.59. The third kappa shape index (κ3) is 5.21. The van der Waals surface area contributed by atoms with E-state index >= 15 is 0 Å². The number of carbonyl (C=O) groups is 3. The van der Waals surface area contributed by atoms with Crippen LogP contribution in [0.1, 0.15) is 99.8 Å². The molecule has 0 aliphatic carbocycles. The number of hydrogen-bond donors (Lipinski definition) is 1. The second kappa shape index (κ2) is 11.4. The predicted octanol–water partition coefficient (Wildman–Crippen LogP) is 6.25. The van der Waals surface area contributed by atoms with E-state index in [1.165, 1.54) is 4.90 Å². The molecular formula is C26H35N3O5. The number of azo groups is 1. The summed E-state index contributed by atoms with van der Waals surface area (Å²) in [4.78, 5) is 39.8. The maximum absolute atomic E-state index is 13.1. The van der Waals surface area contributed by atoms with Crippen molar-refractivity contribution in [2.45, 2.75) is 91.2 Å². The number of cyclic esters (lactones) is 1. The van der Waals surface area contributed by atoms with E-state index in [1.807, 2.05) is 13.8 Å². The molecule has 2 aliphatic rings. The van der Waals surface area contributed by atoms with Crippen molar-refractivity contribution in [1.29, 1.82) is 0 Å². The standard InChI is InChI=1S/C26H35N3O5/c1-5-9-11-16(6-2)14-18-15-21(30)23(26(33)34-18)28-27-20-13-10-12-19-22(20)25(32)29(24(19)31)17(7-3)8-4/h10,12-13,16-18,30H,5-9,11,14-15H2,1-4H3. The second-order valence-corrected chi connectivity index (χ2v) is 9.03. The van der Waals surface area contributed by atoms with Gasteiger partial charge in [0.1, 0.15) is 11.9 Å². The molecule has 8 nitrogen and oxygen atoms in total. The summed E-state index contributed by atoms with van der Waals surface area (Å²) in [7, 11) is 0. The van der Waals surface area contributed by atoms with Crippen molar-refractivity contribution in [2.24, 2.45) is 16.1 Å². The van der Waals surface area contributed by atoms with Crippen molar-refractivity contribution < 1.29 is 24.2 Å². The van der Waals surface area contributed by atoms with Gasteiger partial charge >= 0.3 is 5.97 Å². The minimum Gasteiger partial charge on any atom is -0.510 e. The molecule has 0 spiro atoms. The van der Waals surface area contributed by atoms with Gasteiger partial charge in [0, 0.05) is 12.5 Å². The number of rotatable bonds is 11. The van der Waals surface area contributed by atoms with E-state index in [-0.39, 0.29) is 52.7 Å². The fourth-order valence-electron chi connectivity index (χ4n) is 4.72. The SMILES string of the molecule is CCCCC(CC)CC1CC(O)=C(N=Nc2cccc3c2C(=O)N(C(CC)CC)C3=O)C(=O)O1. The first-order valence-electron chi connectivity index (χ1n) is 12.4. The Hall–Kier alpha value is -3.03. The van der Waals surface area contributed by atoms with Crippen LogP contribution in [-0.2, 0) is 9.53 Å². The predicted molar refractivity (Wildman–Crippen MR) is 128 cm³/mol. The molecule has 1 aromatic rings. The first-order chi connectivity index (χ1) is 16.4. The summed E-state index contributed by atoms with van der Waals surface area (Å²) in [5.41, 5.74) is 0.372. The molecule has 0 radical (unpaired) electrons. The van der Waals surface area contributed by atoms with Gasteiger partial charge in [-0.05, 0) is 37.3 Å². The lowest BCUT2D eigenvalue weighted by molar-refractivity contribution is -0.147. The number of benzene rings is 1. The number of fused-ring (bicyclic) bond motifs is 1. The molecule has 8 heteroatoms. The molecule has 3 rings (SSSR count). The van der Waals surface area contributed by atoms with Gasteiger partial charge in [-0.25, -0.2) is 4.79 Å². The maximum atomic E-state index is 13.1. The molecule has 0 saturated heterocycles. The molecule has 2 heterocycles. The third-order valence-corrected chi connectivity index (χ3v) is 6.79. The van der Waals surface area contributed by atoms with Gasteiger partial charge in [0.25, 0.3) is 11.8 Å². The summed E-state index contributed by atoms with van der Waals surface area (Å²) in [6.07, 6.45) is 6.11. The number of nitrogens with zero attached hydrogens (tertiary/aromatic N) is 3. The molecule has 34 heavy (non-hydrogen) atoms. The molecule has 1 aromatic carbocycles. The van der Waals surface area contributed by atoms with Crippen LogP contribution in [-0.4, -0.2) is 39.9 Å². The highest BCUT2D eigenvalue weighted by molar-refractivity contribution is 6.23. The number of ether oxygens (including phenoxy) is 1. The van der Waals surface area contributed by atoms with E-state index in [2.05, 4.69) is 24.1 Å². The Kier molecular flexibility index (Phi) is 8.58. The summed E-state index contributed by atoms with van der Waals surface area (Å²) in [6.45, 7) is 8.13. The van der Waals surface area contributed by atoms with Crippen LogP contribution in [0.3, 0.4) is 0 Å². The lowest BCUT2D eigenvalue weighted by Crippen LogP contribution is -2.39. The highest BCUT2D eigenvalue weighted by Gasteiger charge is 2.40. The summed E-state index contributed by atoms with van der Waals surface area (Å²) in [5, 5.41) is 18.5. The molecule has 2 amide bonds. The number of imide groups is 1. The van der Waals surface area contributed by atoms with E-state index in [0.29, 0.717) is 25.2 Å².